The number of anilines is 1. The molecule has 128 valence electrons. The van der Waals surface area contributed by atoms with Gasteiger partial charge in [-0.15, -0.1) is 0 Å². The molecule has 0 aliphatic carbocycles. The van der Waals surface area contributed by atoms with Crippen molar-refractivity contribution in [3.05, 3.63) is 36.7 Å². The van der Waals surface area contributed by atoms with Crippen molar-refractivity contribution < 1.29 is 4.21 Å². The van der Waals surface area contributed by atoms with Crippen LogP contribution in [-0.4, -0.2) is 42.0 Å². The second-order valence-corrected chi connectivity index (χ2v) is 6.90. The minimum absolute atomic E-state index is 0.447. The van der Waals surface area contributed by atoms with Crippen molar-refractivity contribution >= 4 is 38.6 Å². The molecule has 0 saturated heterocycles. The first kappa shape index (κ1) is 15.7. The van der Waals surface area contributed by atoms with Gasteiger partial charge >= 0.3 is 0 Å². The van der Waals surface area contributed by atoms with Crippen molar-refractivity contribution in [3.8, 4) is 11.3 Å². The standard InChI is InChI=1S/C16H17N7OS/c1-25(24)19-6-7-23-9-12-15(22-23)11-3-2-10(13-4-5-18-21-13)8-14(11)20-16(12)17/h2-5,8-9,19H,6-7H2,1H3,(H2,17,20)(H,18,21). The number of nitrogen functional groups attached to an aromatic ring is 1. The van der Waals surface area contributed by atoms with E-state index < -0.39 is 11.0 Å². The number of nitrogens with two attached hydrogens (primary N) is 1. The number of fused-ring (bicyclic) bond motifs is 3. The Morgan fingerprint density at radius 3 is 2.96 bits per heavy atom. The zero-order valence-corrected chi connectivity index (χ0v) is 14.4. The molecule has 0 aliphatic heterocycles. The van der Waals surface area contributed by atoms with Crippen molar-refractivity contribution in [2.24, 2.45) is 0 Å². The van der Waals surface area contributed by atoms with Gasteiger partial charge in [-0.05, 0) is 18.2 Å². The molecule has 0 fully saturated rings. The summed E-state index contributed by atoms with van der Waals surface area (Å²) >= 11 is 0. The van der Waals surface area contributed by atoms with Gasteiger partial charge in [-0.25, -0.2) is 13.9 Å². The molecular formula is C16H17N7OS. The molecule has 0 radical (unpaired) electrons. The second-order valence-electron chi connectivity index (χ2n) is 5.70. The number of nitrogens with one attached hydrogen (secondary N) is 2. The van der Waals surface area contributed by atoms with Crippen LogP contribution in [0.3, 0.4) is 0 Å². The van der Waals surface area contributed by atoms with E-state index in [0.29, 0.717) is 18.9 Å². The molecule has 8 nitrogen and oxygen atoms in total. The van der Waals surface area contributed by atoms with E-state index in [0.717, 1.165) is 33.1 Å². The number of nitrogens with zero attached hydrogens (tertiary/aromatic N) is 4. The van der Waals surface area contributed by atoms with Crippen molar-refractivity contribution in [1.29, 1.82) is 0 Å². The Bertz CT molecular complexity index is 1070. The Hall–Kier alpha value is -2.78. The second kappa shape index (κ2) is 6.26. The third kappa shape index (κ3) is 2.99. The number of aromatic nitrogens is 5. The van der Waals surface area contributed by atoms with Crippen molar-refractivity contribution in [3.63, 3.8) is 0 Å². The Labute approximate surface area is 146 Å². The Morgan fingerprint density at radius 1 is 1.32 bits per heavy atom. The third-order valence-corrected chi connectivity index (χ3v) is 4.60. The first-order valence-electron chi connectivity index (χ1n) is 7.75. The molecule has 3 aromatic heterocycles. The zero-order valence-electron chi connectivity index (χ0n) is 13.6. The number of aromatic amines is 1. The molecule has 0 spiro atoms. The average Bonchev–Trinajstić information content (AvgIpc) is 3.24. The summed E-state index contributed by atoms with van der Waals surface area (Å²) in [7, 11) is -1.04. The van der Waals surface area contributed by atoms with Crippen molar-refractivity contribution in [2.45, 2.75) is 6.54 Å². The molecule has 4 aromatic rings. The minimum Gasteiger partial charge on any atom is -0.383 e. The highest BCUT2D eigenvalue weighted by atomic mass is 32.2. The fourth-order valence-electron chi connectivity index (χ4n) is 2.82. The summed E-state index contributed by atoms with van der Waals surface area (Å²) in [6, 6.07) is 7.88. The normalized spacial score (nSPS) is 12.8. The van der Waals surface area contributed by atoms with Crippen LogP contribution in [0.4, 0.5) is 5.82 Å². The predicted molar refractivity (Wildman–Crippen MR) is 99.1 cm³/mol. The van der Waals surface area contributed by atoms with E-state index in [2.05, 4.69) is 25.0 Å². The number of rotatable bonds is 5. The van der Waals surface area contributed by atoms with Crippen molar-refractivity contribution in [1.82, 2.24) is 29.7 Å². The summed E-state index contributed by atoms with van der Waals surface area (Å²) in [6.45, 7) is 1.16. The van der Waals surface area contributed by atoms with Gasteiger partial charge in [-0.3, -0.25) is 9.78 Å². The highest BCUT2D eigenvalue weighted by Gasteiger charge is 2.12. The third-order valence-electron chi connectivity index (χ3n) is 3.99. The van der Waals surface area contributed by atoms with Gasteiger partial charge < -0.3 is 5.73 Å². The Morgan fingerprint density at radius 2 is 2.20 bits per heavy atom. The van der Waals surface area contributed by atoms with Gasteiger partial charge in [0, 0.05) is 36.1 Å². The monoisotopic (exact) mass is 355 g/mol. The van der Waals surface area contributed by atoms with Crippen LogP contribution in [0.25, 0.3) is 33.1 Å². The molecule has 9 heteroatoms. The van der Waals surface area contributed by atoms with Crippen LogP contribution in [0.2, 0.25) is 0 Å². The SMILES string of the molecule is CS(=O)NCCn1cc2c(N)nc3cc(-c4ccn[nH]4)ccc3c2n1. The summed E-state index contributed by atoms with van der Waals surface area (Å²) in [5.74, 6) is 0.447. The van der Waals surface area contributed by atoms with Gasteiger partial charge in [0.2, 0.25) is 0 Å². The number of hydrogen-bond acceptors (Lipinski definition) is 5. The number of benzene rings is 1. The topological polar surface area (TPSA) is 115 Å². The Balaban J connectivity index is 1.77. The zero-order chi connectivity index (χ0) is 17.4. The van der Waals surface area contributed by atoms with Gasteiger partial charge in [0.25, 0.3) is 0 Å². The molecule has 1 unspecified atom stereocenters. The van der Waals surface area contributed by atoms with Crippen LogP contribution < -0.4 is 10.5 Å². The maximum absolute atomic E-state index is 11.1. The van der Waals surface area contributed by atoms with Gasteiger partial charge in [0.1, 0.15) is 11.3 Å². The van der Waals surface area contributed by atoms with Crippen LogP contribution in [0.5, 0.6) is 0 Å². The summed E-state index contributed by atoms with van der Waals surface area (Å²) in [4.78, 5) is 4.52. The van der Waals surface area contributed by atoms with E-state index in [1.54, 1.807) is 17.1 Å². The van der Waals surface area contributed by atoms with E-state index in [4.69, 9.17) is 5.73 Å². The van der Waals surface area contributed by atoms with Crippen molar-refractivity contribution in [2.75, 3.05) is 18.5 Å². The lowest BCUT2D eigenvalue weighted by atomic mass is 10.1. The quantitative estimate of drug-likeness (QED) is 0.501. The minimum atomic E-state index is -1.04. The molecular weight excluding hydrogens is 338 g/mol. The fraction of sp³-hybridized carbons (Fsp3) is 0.188. The highest BCUT2D eigenvalue weighted by molar-refractivity contribution is 7.82. The lowest BCUT2D eigenvalue weighted by Gasteiger charge is -2.03. The summed E-state index contributed by atoms with van der Waals surface area (Å²) in [6.07, 6.45) is 5.19. The van der Waals surface area contributed by atoms with Gasteiger partial charge in [-0.1, -0.05) is 6.07 Å². The first-order chi connectivity index (χ1) is 12.1. The lowest BCUT2D eigenvalue weighted by Crippen LogP contribution is -2.21. The van der Waals surface area contributed by atoms with E-state index in [9.17, 15) is 4.21 Å². The molecule has 25 heavy (non-hydrogen) atoms. The molecule has 0 bridgehead atoms. The summed E-state index contributed by atoms with van der Waals surface area (Å²) < 4.78 is 15.8. The maximum atomic E-state index is 11.1. The molecule has 4 N–H and O–H groups in total. The van der Waals surface area contributed by atoms with Crippen LogP contribution in [0.15, 0.2) is 36.7 Å². The van der Waals surface area contributed by atoms with Crippen LogP contribution in [0.1, 0.15) is 0 Å². The average molecular weight is 355 g/mol. The number of hydrogen-bond donors (Lipinski definition) is 3. The van der Waals surface area contributed by atoms with E-state index in [1.807, 2.05) is 30.5 Å². The van der Waals surface area contributed by atoms with E-state index in [-0.39, 0.29) is 0 Å². The predicted octanol–water partition coefficient (Wildman–Crippen LogP) is 1.44. The molecule has 1 atom stereocenters. The van der Waals surface area contributed by atoms with Gasteiger partial charge in [-0.2, -0.15) is 10.2 Å². The molecule has 4 rings (SSSR count). The van der Waals surface area contributed by atoms with Gasteiger partial charge in [0.05, 0.1) is 34.1 Å². The molecule has 0 saturated carbocycles. The molecule has 0 amide bonds. The fourth-order valence-corrected chi connectivity index (χ4v) is 3.20. The van der Waals surface area contributed by atoms with E-state index in [1.165, 1.54) is 0 Å². The largest absolute Gasteiger partial charge is 0.383 e. The molecule has 0 aliphatic rings. The summed E-state index contributed by atoms with van der Waals surface area (Å²) in [5, 5.41) is 13.3. The van der Waals surface area contributed by atoms with Crippen LogP contribution in [-0.2, 0) is 17.5 Å². The van der Waals surface area contributed by atoms with Gasteiger partial charge in [0.15, 0.2) is 0 Å². The van der Waals surface area contributed by atoms with Crippen LogP contribution in [0, 0.1) is 0 Å². The first-order valence-corrected chi connectivity index (χ1v) is 9.31. The maximum Gasteiger partial charge on any atom is 0.135 e. The Kier molecular flexibility index (Phi) is 3.94. The molecule has 1 aromatic carbocycles. The van der Waals surface area contributed by atoms with E-state index >= 15 is 0 Å². The van der Waals surface area contributed by atoms with Crippen LogP contribution >= 0.6 is 0 Å². The summed E-state index contributed by atoms with van der Waals surface area (Å²) in [5.41, 5.74) is 9.65. The number of H-pyrrole nitrogens is 1. The number of pyridine rings is 1. The highest BCUT2D eigenvalue weighted by Crippen LogP contribution is 2.29. The smallest absolute Gasteiger partial charge is 0.135 e. The molecule has 3 heterocycles. The lowest BCUT2D eigenvalue weighted by molar-refractivity contribution is 0.608.